The lowest BCUT2D eigenvalue weighted by atomic mass is 10.1. The molecule has 5 nitrogen and oxygen atoms in total. The quantitative estimate of drug-likeness (QED) is 0.662. The molecule has 0 unspecified atom stereocenters. The summed E-state index contributed by atoms with van der Waals surface area (Å²) in [5.74, 6) is 0.420. The second-order valence-corrected chi connectivity index (χ2v) is 4.35. The molecule has 0 aliphatic rings. The Bertz CT molecular complexity index is 581. The summed E-state index contributed by atoms with van der Waals surface area (Å²) in [6.07, 6.45) is 1.52. The Morgan fingerprint density at radius 3 is 2.75 bits per heavy atom. The molecule has 0 atom stereocenters. The Hall–Kier alpha value is -2.37. The van der Waals surface area contributed by atoms with Gasteiger partial charge in [-0.05, 0) is 24.1 Å². The van der Waals surface area contributed by atoms with Crippen molar-refractivity contribution in [3.8, 4) is 0 Å². The van der Waals surface area contributed by atoms with Gasteiger partial charge in [0, 0.05) is 19.7 Å². The summed E-state index contributed by atoms with van der Waals surface area (Å²) in [7, 11) is 1.67. The standard InChI is InChI=1S/C14H17FN4O/c1-10-3-4-11(7-13(10)15)8-17-14(16-2)18-9-12-5-6-20-19-12/h3-7H,8-9H2,1-2H3,(H2,16,17,18). The first-order chi connectivity index (χ1) is 9.69. The normalized spacial score (nSPS) is 11.4. The molecule has 0 amide bonds. The van der Waals surface area contributed by atoms with Crippen molar-refractivity contribution in [3.63, 3.8) is 0 Å². The van der Waals surface area contributed by atoms with E-state index in [2.05, 4.69) is 20.8 Å². The van der Waals surface area contributed by atoms with E-state index in [1.165, 1.54) is 12.3 Å². The second kappa shape index (κ2) is 6.70. The molecule has 0 aliphatic heterocycles. The predicted octanol–water partition coefficient (Wildman–Crippen LogP) is 1.99. The number of aliphatic imine (C=N–C) groups is 1. The van der Waals surface area contributed by atoms with Crippen molar-refractivity contribution in [3.05, 3.63) is 53.2 Å². The molecule has 0 saturated carbocycles. The van der Waals surface area contributed by atoms with Crippen LogP contribution in [-0.4, -0.2) is 18.2 Å². The molecule has 2 rings (SSSR count). The zero-order valence-electron chi connectivity index (χ0n) is 11.5. The summed E-state index contributed by atoms with van der Waals surface area (Å²) in [5.41, 5.74) is 2.29. The highest BCUT2D eigenvalue weighted by Crippen LogP contribution is 2.08. The molecule has 20 heavy (non-hydrogen) atoms. The Morgan fingerprint density at radius 2 is 2.10 bits per heavy atom. The molecule has 0 bridgehead atoms. The van der Waals surface area contributed by atoms with Crippen LogP contribution in [0.3, 0.4) is 0 Å². The number of nitrogens with zero attached hydrogens (tertiary/aromatic N) is 2. The highest BCUT2D eigenvalue weighted by Gasteiger charge is 2.02. The molecule has 2 N–H and O–H groups in total. The van der Waals surface area contributed by atoms with Gasteiger partial charge in [0.05, 0.1) is 6.54 Å². The maximum atomic E-state index is 13.4. The molecule has 0 saturated heterocycles. The van der Waals surface area contributed by atoms with Gasteiger partial charge in [-0.1, -0.05) is 17.3 Å². The number of halogens is 1. The van der Waals surface area contributed by atoms with Crippen molar-refractivity contribution in [2.24, 2.45) is 4.99 Å². The first-order valence-corrected chi connectivity index (χ1v) is 6.28. The average Bonchev–Trinajstić information content (AvgIpc) is 2.96. The van der Waals surface area contributed by atoms with E-state index in [-0.39, 0.29) is 5.82 Å². The molecule has 0 radical (unpaired) electrons. The van der Waals surface area contributed by atoms with Gasteiger partial charge in [0.15, 0.2) is 5.96 Å². The minimum atomic E-state index is -0.199. The fourth-order valence-corrected chi connectivity index (χ4v) is 1.66. The van der Waals surface area contributed by atoms with Crippen LogP contribution < -0.4 is 10.6 Å². The topological polar surface area (TPSA) is 62.5 Å². The first kappa shape index (κ1) is 14.0. The fourth-order valence-electron chi connectivity index (χ4n) is 1.66. The first-order valence-electron chi connectivity index (χ1n) is 6.28. The Morgan fingerprint density at radius 1 is 1.30 bits per heavy atom. The zero-order valence-corrected chi connectivity index (χ0v) is 11.5. The van der Waals surface area contributed by atoms with Crippen molar-refractivity contribution in [1.82, 2.24) is 15.8 Å². The van der Waals surface area contributed by atoms with Crippen LogP contribution in [0.25, 0.3) is 0 Å². The molecule has 6 heteroatoms. The van der Waals surface area contributed by atoms with Gasteiger partial charge in [0.2, 0.25) is 0 Å². The Balaban J connectivity index is 1.85. The number of rotatable bonds is 4. The lowest BCUT2D eigenvalue weighted by Crippen LogP contribution is -2.36. The minimum Gasteiger partial charge on any atom is -0.364 e. The third-order valence-corrected chi connectivity index (χ3v) is 2.85. The summed E-state index contributed by atoms with van der Waals surface area (Å²) in [4.78, 5) is 4.08. The van der Waals surface area contributed by atoms with E-state index in [1.54, 1.807) is 26.1 Å². The molecule has 0 aliphatic carbocycles. The molecule has 106 valence electrons. The summed E-state index contributed by atoms with van der Waals surface area (Å²) >= 11 is 0. The van der Waals surface area contributed by atoms with Crippen molar-refractivity contribution in [1.29, 1.82) is 0 Å². The summed E-state index contributed by atoms with van der Waals surface area (Å²) in [6, 6.07) is 6.94. The van der Waals surface area contributed by atoms with Gasteiger partial charge in [-0.3, -0.25) is 4.99 Å². The Labute approximate surface area is 116 Å². The van der Waals surface area contributed by atoms with Gasteiger partial charge in [0.25, 0.3) is 0 Å². The molecule has 0 fully saturated rings. The van der Waals surface area contributed by atoms with Crippen LogP contribution in [0.4, 0.5) is 4.39 Å². The average molecular weight is 276 g/mol. The largest absolute Gasteiger partial charge is 0.364 e. The number of aryl methyl sites for hydroxylation is 1. The molecule has 1 aromatic heterocycles. The summed E-state index contributed by atoms with van der Waals surface area (Å²) in [6.45, 7) is 2.75. The summed E-state index contributed by atoms with van der Waals surface area (Å²) in [5, 5.41) is 9.99. The number of nitrogens with one attached hydrogen (secondary N) is 2. The molecular formula is C14H17FN4O. The van der Waals surface area contributed by atoms with Gasteiger partial charge in [0.1, 0.15) is 17.8 Å². The van der Waals surface area contributed by atoms with E-state index in [4.69, 9.17) is 4.52 Å². The van der Waals surface area contributed by atoms with E-state index in [9.17, 15) is 4.39 Å². The highest BCUT2D eigenvalue weighted by molar-refractivity contribution is 5.79. The van der Waals surface area contributed by atoms with Crippen molar-refractivity contribution < 1.29 is 8.91 Å². The smallest absolute Gasteiger partial charge is 0.191 e. The fraction of sp³-hybridized carbons (Fsp3) is 0.286. The third kappa shape index (κ3) is 3.81. The van der Waals surface area contributed by atoms with Crippen LogP contribution >= 0.6 is 0 Å². The molecule has 1 aromatic carbocycles. The van der Waals surface area contributed by atoms with Crippen LogP contribution in [0.2, 0.25) is 0 Å². The van der Waals surface area contributed by atoms with Crippen molar-refractivity contribution >= 4 is 5.96 Å². The van der Waals surface area contributed by atoms with Gasteiger partial charge in [-0.2, -0.15) is 0 Å². The number of aromatic nitrogens is 1. The van der Waals surface area contributed by atoms with Crippen LogP contribution in [-0.2, 0) is 13.1 Å². The number of hydrogen-bond acceptors (Lipinski definition) is 3. The molecule has 1 heterocycles. The SMILES string of the molecule is CN=C(NCc1ccc(C)c(F)c1)NCc1ccon1. The maximum absolute atomic E-state index is 13.4. The van der Waals surface area contributed by atoms with Gasteiger partial charge in [-0.15, -0.1) is 0 Å². The van der Waals surface area contributed by atoms with E-state index in [0.717, 1.165) is 11.3 Å². The highest BCUT2D eigenvalue weighted by atomic mass is 19.1. The van der Waals surface area contributed by atoms with E-state index in [0.29, 0.717) is 24.6 Å². The zero-order chi connectivity index (χ0) is 14.4. The second-order valence-electron chi connectivity index (χ2n) is 4.35. The third-order valence-electron chi connectivity index (χ3n) is 2.85. The van der Waals surface area contributed by atoms with E-state index >= 15 is 0 Å². The summed E-state index contributed by atoms with van der Waals surface area (Å²) < 4.78 is 18.2. The van der Waals surface area contributed by atoms with Gasteiger partial charge < -0.3 is 15.2 Å². The predicted molar refractivity (Wildman–Crippen MR) is 74.7 cm³/mol. The Kier molecular flexibility index (Phi) is 4.70. The minimum absolute atomic E-state index is 0.199. The molecule has 0 spiro atoms. The maximum Gasteiger partial charge on any atom is 0.191 e. The number of hydrogen-bond donors (Lipinski definition) is 2. The van der Waals surface area contributed by atoms with Crippen LogP contribution in [0.15, 0.2) is 40.0 Å². The lowest BCUT2D eigenvalue weighted by molar-refractivity contribution is 0.410. The van der Waals surface area contributed by atoms with Crippen molar-refractivity contribution in [2.45, 2.75) is 20.0 Å². The number of benzene rings is 1. The van der Waals surface area contributed by atoms with Crippen LogP contribution in [0.1, 0.15) is 16.8 Å². The monoisotopic (exact) mass is 276 g/mol. The van der Waals surface area contributed by atoms with Gasteiger partial charge in [-0.25, -0.2) is 4.39 Å². The van der Waals surface area contributed by atoms with Crippen LogP contribution in [0.5, 0.6) is 0 Å². The van der Waals surface area contributed by atoms with Gasteiger partial charge >= 0.3 is 0 Å². The molecule has 2 aromatic rings. The van der Waals surface area contributed by atoms with Crippen molar-refractivity contribution in [2.75, 3.05) is 7.05 Å². The molecular weight excluding hydrogens is 259 g/mol. The van der Waals surface area contributed by atoms with E-state index in [1.807, 2.05) is 6.07 Å². The number of guanidine groups is 1. The lowest BCUT2D eigenvalue weighted by Gasteiger charge is -2.11. The van der Waals surface area contributed by atoms with E-state index < -0.39 is 0 Å². The van der Waals surface area contributed by atoms with Crippen LogP contribution in [0, 0.1) is 12.7 Å².